The van der Waals surface area contributed by atoms with Crippen LogP contribution < -0.4 is 5.32 Å². The molecule has 180 valence electrons. The van der Waals surface area contributed by atoms with E-state index in [9.17, 15) is 4.79 Å². The third-order valence-electron chi connectivity index (χ3n) is 6.41. The number of pyridine rings is 2. The van der Waals surface area contributed by atoms with E-state index in [4.69, 9.17) is 0 Å². The highest BCUT2D eigenvalue weighted by Gasteiger charge is 2.25. The summed E-state index contributed by atoms with van der Waals surface area (Å²) in [5.74, 6) is 1.91. The van der Waals surface area contributed by atoms with Gasteiger partial charge in [-0.05, 0) is 70.8 Å². The standard InChI is InChI=1S/C27H36N6O/c1-18(2)5-8-33-9-6-20(7-10-33)26(34)13-23-12-21-11-22(14-30-24(21)16-29-23)25-15-28-17-27(32-25)31-19(3)4/h11-12,14-20H,5-10,13H2,1-4H3,(H,31,32). The number of nitrogens with zero attached hydrogens (tertiary/aromatic N) is 5. The fourth-order valence-electron chi connectivity index (χ4n) is 4.43. The zero-order chi connectivity index (χ0) is 24.1. The number of aromatic nitrogens is 4. The second kappa shape index (κ2) is 11.0. The van der Waals surface area contributed by atoms with Crippen molar-refractivity contribution in [3.05, 3.63) is 42.6 Å². The van der Waals surface area contributed by atoms with Crippen LogP contribution in [0.4, 0.5) is 5.82 Å². The summed E-state index contributed by atoms with van der Waals surface area (Å²) >= 11 is 0. The Morgan fingerprint density at radius 2 is 1.85 bits per heavy atom. The van der Waals surface area contributed by atoms with E-state index < -0.39 is 0 Å². The van der Waals surface area contributed by atoms with Crippen molar-refractivity contribution in [1.29, 1.82) is 0 Å². The summed E-state index contributed by atoms with van der Waals surface area (Å²) in [5, 5.41) is 4.24. The van der Waals surface area contributed by atoms with Gasteiger partial charge in [-0.2, -0.15) is 0 Å². The summed E-state index contributed by atoms with van der Waals surface area (Å²) in [6, 6.07) is 4.32. The molecule has 34 heavy (non-hydrogen) atoms. The average molecular weight is 461 g/mol. The Morgan fingerprint density at radius 3 is 2.59 bits per heavy atom. The molecule has 0 bridgehead atoms. The number of Topliss-reactive ketones (excluding diaryl/α,β-unsaturated/α-hetero) is 1. The number of nitrogens with one attached hydrogen (secondary N) is 1. The van der Waals surface area contributed by atoms with E-state index in [0.29, 0.717) is 12.2 Å². The number of rotatable bonds is 9. The van der Waals surface area contributed by atoms with E-state index in [0.717, 1.165) is 72.1 Å². The maximum atomic E-state index is 13.0. The SMILES string of the molecule is CC(C)CCN1CCC(C(=O)Cc2cc3cc(-c4cncc(NC(C)C)n4)cnc3cn2)CC1. The van der Waals surface area contributed by atoms with Crippen molar-refractivity contribution in [3.63, 3.8) is 0 Å². The number of anilines is 1. The molecular formula is C27H36N6O. The summed E-state index contributed by atoms with van der Waals surface area (Å²) in [4.78, 5) is 33.5. The van der Waals surface area contributed by atoms with Crippen LogP contribution in [-0.2, 0) is 11.2 Å². The van der Waals surface area contributed by atoms with Gasteiger partial charge in [0.1, 0.15) is 11.6 Å². The van der Waals surface area contributed by atoms with E-state index in [-0.39, 0.29) is 12.0 Å². The first-order chi connectivity index (χ1) is 16.4. The lowest BCUT2D eigenvalue weighted by atomic mass is 9.90. The predicted octanol–water partition coefficient (Wildman–Crippen LogP) is 4.78. The van der Waals surface area contributed by atoms with Gasteiger partial charge in [-0.1, -0.05) is 13.8 Å². The van der Waals surface area contributed by atoms with Crippen LogP contribution in [0.25, 0.3) is 22.2 Å². The molecule has 3 aromatic heterocycles. The number of fused-ring (bicyclic) bond motifs is 1. The van der Waals surface area contributed by atoms with Crippen molar-refractivity contribution in [2.45, 2.75) is 59.4 Å². The minimum absolute atomic E-state index is 0.142. The number of carbonyl (C=O) groups is 1. The molecule has 0 aliphatic carbocycles. The highest BCUT2D eigenvalue weighted by molar-refractivity contribution is 5.86. The van der Waals surface area contributed by atoms with Gasteiger partial charge in [0.25, 0.3) is 0 Å². The van der Waals surface area contributed by atoms with E-state index in [1.807, 2.05) is 12.1 Å². The molecule has 4 rings (SSSR count). The predicted molar refractivity (Wildman–Crippen MR) is 137 cm³/mol. The van der Waals surface area contributed by atoms with Crippen molar-refractivity contribution < 1.29 is 4.79 Å². The number of hydrogen-bond donors (Lipinski definition) is 1. The van der Waals surface area contributed by atoms with Crippen molar-refractivity contribution in [1.82, 2.24) is 24.8 Å². The van der Waals surface area contributed by atoms with Gasteiger partial charge in [-0.15, -0.1) is 0 Å². The van der Waals surface area contributed by atoms with Crippen molar-refractivity contribution in [2.24, 2.45) is 11.8 Å². The van der Waals surface area contributed by atoms with Gasteiger partial charge in [-0.25, -0.2) is 4.98 Å². The Morgan fingerprint density at radius 1 is 1.06 bits per heavy atom. The molecule has 1 fully saturated rings. The zero-order valence-corrected chi connectivity index (χ0v) is 20.8. The zero-order valence-electron chi connectivity index (χ0n) is 20.8. The van der Waals surface area contributed by atoms with E-state index >= 15 is 0 Å². The van der Waals surface area contributed by atoms with Crippen LogP contribution in [0.15, 0.2) is 36.9 Å². The lowest BCUT2D eigenvalue weighted by Crippen LogP contribution is -2.37. The molecule has 0 unspecified atom stereocenters. The summed E-state index contributed by atoms with van der Waals surface area (Å²) < 4.78 is 0. The van der Waals surface area contributed by atoms with Gasteiger partial charge in [0, 0.05) is 41.2 Å². The minimum Gasteiger partial charge on any atom is -0.367 e. The molecule has 0 aromatic carbocycles. The van der Waals surface area contributed by atoms with Crippen molar-refractivity contribution in [2.75, 3.05) is 25.0 Å². The molecule has 0 atom stereocenters. The van der Waals surface area contributed by atoms with E-state index in [1.165, 1.54) is 6.42 Å². The van der Waals surface area contributed by atoms with Gasteiger partial charge in [0.15, 0.2) is 0 Å². The van der Waals surface area contributed by atoms with Gasteiger partial charge < -0.3 is 10.2 Å². The molecule has 7 nitrogen and oxygen atoms in total. The molecule has 1 aliphatic heterocycles. The molecular weight excluding hydrogens is 424 g/mol. The topological polar surface area (TPSA) is 83.9 Å². The van der Waals surface area contributed by atoms with Crippen molar-refractivity contribution >= 4 is 22.5 Å². The number of hydrogen-bond acceptors (Lipinski definition) is 7. The smallest absolute Gasteiger partial charge is 0.145 e. The maximum Gasteiger partial charge on any atom is 0.145 e. The highest BCUT2D eigenvalue weighted by Crippen LogP contribution is 2.24. The normalized spacial score (nSPS) is 15.4. The lowest BCUT2D eigenvalue weighted by Gasteiger charge is -2.31. The first-order valence-corrected chi connectivity index (χ1v) is 12.5. The minimum atomic E-state index is 0.142. The molecule has 0 spiro atoms. The summed E-state index contributed by atoms with van der Waals surface area (Å²) in [5.41, 5.74) is 3.27. The molecule has 1 saturated heterocycles. The lowest BCUT2D eigenvalue weighted by molar-refractivity contribution is -0.123. The molecule has 0 radical (unpaired) electrons. The number of carbonyl (C=O) groups excluding carboxylic acids is 1. The quantitative estimate of drug-likeness (QED) is 0.492. The summed E-state index contributed by atoms with van der Waals surface area (Å²) in [6.45, 7) is 11.8. The van der Waals surface area contributed by atoms with Crippen LogP contribution in [-0.4, -0.2) is 56.3 Å². The maximum absolute atomic E-state index is 13.0. The van der Waals surface area contributed by atoms with Gasteiger partial charge >= 0.3 is 0 Å². The van der Waals surface area contributed by atoms with Crippen LogP contribution in [0, 0.1) is 11.8 Å². The third kappa shape index (κ3) is 6.35. The molecule has 0 saturated carbocycles. The fourth-order valence-corrected chi connectivity index (χ4v) is 4.43. The van der Waals surface area contributed by atoms with Crippen molar-refractivity contribution in [3.8, 4) is 11.3 Å². The molecule has 4 heterocycles. The summed E-state index contributed by atoms with van der Waals surface area (Å²) in [6.07, 6.45) is 10.5. The van der Waals surface area contributed by atoms with E-state index in [1.54, 1.807) is 24.8 Å². The van der Waals surface area contributed by atoms with E-state index in [2.05, 4.69) is 57.8 Å². The van der Waals surface area contributed by atoms with Crippen LogP contribution in [0.3, 0.4) is 0 Å². The number of piperidine rings is 1. The molecule has 0 amide bonds. The monoisotopic (exact) mass is 460 g/mol. The molecule has 7 heteroatoms. The van der Waals surface area contributed by atoms with Gasteiger partial charge in [0.05, 0.1) is 29.8 Å². The van der Waals surface area contributed by atoms with Crippen LogP contribution in [0.2, 0.25) is 0 Å². The third-order valence-corrected chi connectivity index (χ3v) is 6.41. The van der Waals surface area contributed by atoms with Crippen LogP contribution in [0.5, 0.6) is 0 Å². The number of ketones is 1. The second-order valence-corrected chi connectivity index (χ2v) is 10.1. The molecule has 3 aromatic rings. The Labute approximate surface area is 202 Å². The molecule has 1 N–H and O–H groups in total. The average Bonchev–Trinajstić information content (AvgIpc) is 2.82. The second-order valence-electron chi connectivity index (χ2n) is 10.1. The Kier molecular flexibility index (Phi) is 7.83. The van der Waals surface area contributed by atoms with Gasteiger partial charge in [0.2, 0.25) is 0 Å². The highest BCUT2D eigenvalue weighted by atomic mass is 16.1. The Bertz CT molecular complexity index is 1120. The van der Waals surface area contributed by atoms with Crippen LogP contribution >= 0.6 is 0 Å². The first kappa shape index (κ1) is 24.2. The first-order valence-electron chi connectivity index (χ1n) is 12.5. The molecule has 1 aliphatic rings. The fraction of sp³-hybridized carbons (Fsp3) is 0.519. The Balaban J connectivity index is 1.43. The van der Waals surface area contributed by atoms with Gasteiger partial charge in [-0.3, -0.25) is 19.7 Å². The largest absolute Gasteiger partial charge is 0.367 e. The Hall–Kier alpha value is -2.93. The number of likely N-dealkylation sites (tertiary alicyclic amines) is 1. The summed E-state index contributed by atoms with van der Waals surface area (Å²) in [7, 11) is 0. The van der Waals surface area contributed by atoms with Crippen LogP contribution in [0.1, 0.15) is 52.7 Å².